The van der Waals surface area contributed by atoms with Crippen molar-refractivity contribution in [2.24, 2.45) is 0 Å². The highest BCUT2D eigenvalue weighted by Crippen LogP contribution is 2.30. The molecule has 112 valence electrons. The van der Waals surface area contributed by atoms with Crippen LogP contribution in [0, 0.1) is 0 Å². The van der Waals surface area contributed by atoms with E-state index in [9.17, 15) is 0 Å². The predicted molar refractivity (Wildman–Crippen MR) is 84.7 cm³/mol. The van der Waals surface area contributed by atoms with Crippen LogP contribution in [-0.4, -0.2) is 20.6 Å². The molecular weight excluding hydrogens is 323 g/mol. The number of aromatic nitrogens is 4. The summed E-state index contributed by atoms with van der Waals surface area (Å²) >= 11 is 11.9. The zero-order valence-corrected chi connectivity index (χ0v) is 13.1. The minimum Gasteiger partial charge on any atom is -0.457 e. The number of halogens is 2. The number of hydrogen-bond donors (Lipinski definition) is 1. The standard InChI is InChI=1S/C15H12Cl2N4O/c1-9(15-18-20-21-19-15)10-3-2-4-13(5-10)22-14-7-11(16)6-12(17)8-14/h2-9H,1H3,(H,18,19,20,21). The van der Waals surface area contributed by atoms with Gasteiger partial charge >= 0.3 is 0 Å². The zero-order valence-electron chi connectivity index (χ0n) is 11.6. The first-order valence-electron chi connectivity index (χ1n) is 6.59. The Balaban J connectivity index is 1.85. The largest absolute Gasteiger partial charge is 0.457 e. The summed E-state index contributed by atoms with van der Waals surface area (Å²) in [5.74, 6) is 1.90. The summed E-state index contributed by atoms with van der Waals surface area (Å²) in [6, 6.07) is 12.8. The van der Waals surface area contributed by atoms with Gasteiger partial charge in [-0.3, -0.25) is 0 Å². The van der Waals surface area contributed by atoms with Gasteiger partial charge in [0.1, 0.15) is 11.5 Å². The van der Waals surface area contributed by atoms with Crippen molar-refractivity contribution in [1.29, 1.82) is 0 Å². The average Bonchev–Trinajstić information content (AvgIpc) is 3.00. The second-order valence-corrected chi connectivity index (χ2v) is 5.64. The van der Waals surface area contributed by atoms with E-state index < -0.39 is 0 Å². The number of nitrogens with one attached hydrogen (secondary N) is 1. The SMILES string of the molecule is CC(c1cccc(Oc2cc(Cl)cc(Cl)c2)c1)c1nn[nH]n1. The van der Waals surface area contributed by atoms with E-state index in [-0.39, 0.29) is 5.92 Å². The highest BCUT2D eigenvalue weighted by molar-refractivity contribution is 6.34. The van der Waals surface area contributed by atoms with E-state index in [0.717, 1.165) is 5.56 Å². The number of tetrazole rings is 1. The third-order valence-electron chi connectivity index (χ3n) is 3.18. The fourth-order valence-electron chi connectivity index (χ4n) is 2.07. The van der Waals surface area contributed by atoms with E-state index in [2.05, 4.69) is 20.6 Å². The molecule has 1 unspecified atom stereocenters. The molecule has 0 aliphatic heterocycles. The Morgan fingerprint density at radius 2 is 1.82 bits per heavy atom. The molecule has 0 spiro atoms. The number of benzene rings is 2. The molecular formula is C15H12Cl2N4O. The van der Waals surface area contributed by atoms with Crippen LogP contribution in [0.4, 0.5) is 0 Å². The van der Waals surface area contributed by atoms with Gasteiger partial charge in [0.05, 0.1) is 0 Å². The van der Waals surface area contributed by atoms with Crippen molar-refractivity contribution in [3.63, 3.8) is 0 Å². The van der Waals surface area contributed by atoms with Gasteiger partial charge in [0.2, 0.25) is 0 Å². The lowest BCUT2D eigenvalue weighted by Gasteiger charge is -2.11. The van der Waals surface area contributed by atoms with Gasteiger partial charge in [-0.1, -0.05) is 47.5 Å². The third kappa shape index (κ3) is 3.37. The lowest BCUT2D eigenvalue weighted by atomic mass is 10.0. The van der Waals surface area contributed by atoms with Gasteiger partial charge in [-0.05, 0) is 35.9 Å². The van der Waals surface area contributed by atoms with Gasteiger partial charge in [-0.15, -0.1) is 10.2 Å². The second kappa shape index (κ2) is 6.34. The second-order valence-electron chi connectivity index (χ2n) is 4.77. The molecule has 0 bridgehead atoms. The molecule has 1 N–H and O–H groups in total. The van der Waals surface area contributed by atoms with Crippen molar-refractivity contribution < 1.29 is 4.74 Å². The topological polar surface area (TPSA) is 63.7 Å². The van der Waals surface area contributed by atoms with Gasteiger partial charge in [0.25, 0.3) is 0 Å². The summed E-state index contributed by atoms with van der Waals surface area (Å²) in [6.07, 6.45) is 0. The van der Waals surface area contributed by atoms with Gasteiger partial charge in [-0.2, -0.15) is 5.21 Å². The predicted octanol–water partition coefficient (Wildman–Crippen LogP) is 4.45. The minimum absolute atomic E-state index is 0.00486. The van der Waals surface area contributed by atoms with Gasteiger partial charge in [0.15, 0.2) is 5.82 Å². The Labute approximate surface area is 137 Å². The summed E-state index contributed by atoms with van der Waals surface area (Å²) < 4.78 is 5.82. The zero-order chi connectivity index (χ0) is 15.5. The van der Waals surface area contributed by atoms with Crippen molar-refractivity contribution in [2.45, 2.75) is 12.8 Å². The smallest absolute Gasteiger partial charge is 0.181 e. The average molecular weight is 335 g/mol. The van der Waals surface area contributed by atoms with Crippen LogP contribution in [0.2, 0.25) is 10.0 Å². The van der Waals surface area contributed by atoms with E-state index in [1.807, 2.05) is 31.2 Å². The Bertz CT molecular complexity index is 757. The Morgan fingerprint density at radius 1 is 1.05 bits per heavy atom. The van der Waals surface area contributed by atoms with Crippen LogP contribution in [-0.2, 0) is 0 Å². The van der Waals surface area contributed by atoms with Crippen molar-refractivity contribution in [1.82, 2.24) is 20.6 Å². The number of H-pyrrole nitrogens is 1. The summed E-state index contributed by atoms with van der Waals surface area (Å²) in [5, 5.41) is 15.1. The summed E-state index contributed by atoms with van der Waals surface area (Å²) in [4.78, 5) is 0. The Hall–Kier alpha value is -2.11. The quantitative estimate of drug-likeness (QED) is 0.765. The van der Waals surface area contributed by atoms with E-state index in [0.29, 0.717) is 27.4 Å². The summed E-state index contributed by atoms with van der Waals surface area (Å²) in [6.45, 7) is 2.00. The highest BCUT2D eigenvalue weighted by Gasteiger charge is 2.13. The number of aromatic amines is 1. The van der Waals surface area contributed by atoms with Crippen molar-refractivity contribution in [3.05, 3.63) is 63.9 Å². The molecule has 0 aliphatic rings. The molecule has 0 amide bonds. The maximum absolute atomic E-state index is 5.97. The summed E-state index contributed by atoms with van der Waals surface area (Å²) in [7, 11) is 0. The van der Waals surface area contributed by atoms with Crippen molar-refractivity contribution >= 4 is 23.2 Å². The molecule has 7 heteroatoms. The molecule has 1 atom stereocenters. The molecule has 2 aromatic carbocycles. The molecule has 1 heterocycles. The third-order valence-corrected chi connectivity index (χ3v) is 3.62. The highest BCUT2D eigenvalue weighted by atomic mass is 35.5. The van der Waals surface area contributed by atoms with Crippen LogP contribution >= 0.6 is 23.2 Å². The van der Waals surface area contributed by atoms with Crippen molar-refractivity contribution in [2.75, 3.05) is 0 Å². The molecule has 0 fully saturated rings. The van der Waals surface area contributed by atoms with Crippen LogP contribution in [0.25, 0.3) is 0 Å². The number of rotatable bonds is 4. The van der Waals surface area contributed by atoms with Gasteiger partial charge in [0, 0.05) is 16.0 Å². The molecule has 0 radical (unpaired) electrons. The monoisotopic (exact) mass is 334 g/mol. The van der Waals surface area contributed by atoms with E-state index in [1.54, 1.807) is 18.2 Å². The summed E-state index contributed by atoms with van der Waals surface area (Å²) in [5.41, 5.74) is 1.02. The minimum atomic E-state index is 0.00486. The van der Waals surface area contributed by atoms with Crippen LogP contribution in [0.1, 0.15) is 24.2 Å². The fraction of sp³-hybridized carbons (Fsp3) is 0.133. The molecule has 3 rings (SSSR count). The lowest BCUT2D eigenvalue weighted by molar-refractivity contribution is 0.481. The maximum atomic E-state index is 5.97. The van der Waals surface area contributed by atoms with Gasteiger partial charge < -0.3 is 4.74 Å². The molecule has 3 aromatic rings. The molecule has 1 aromatic heterocycles. The Kier molecular flexibility index (Phi) is 4.27. The molecule has 5 nitrogen and oxygen atoms in total. The lowest BCUT2D eigenvalue weighted by Crippen LogP contribution is -1.99. The Morgan fingerprint density at radius 3 is 2.50 bits per heavy atom. The number of hydrogen-bond acceptors (Lipinski definition) is 4. The van der Waals surface area contributed by atoms with Crippen molar-refractivity contribution in [3.8, 4) is 11.5 Å². The van der Waals surface area contributed by atoms with Crippen LogP contribution in [0.3, 0.4) is 0 Å². The fourth-order valence-corrected chi connectivity index (χ4v) is 2.58. The first kappa shape index (κ1) is 14.8. The molecule has 0 saturated heterocycles. The van der Waals surface area contributed by atoms with E-state index in [1.165, 1.54) is 0 Å². The van der Waals surface area contributed by atoms with Crippen LogP contribution in [0.15, 0.2) is 42.5 Å². The van der Waals surface area contributed by atoms with Gasteiger partial charge in [-0.25, -0.2) is 0 Å². The van der Waals surface area contributed by atoms with E-state index in [4.69, 9.17) is 27.9 Å². The number of ether oxygens (including phenoxy) is 1. The van der Waals surface area contributed by atoms with Crippen LogP contribution < -0.4 is 4.74 Å². The molecule has 0 saturated carbocycles. The first-order valence-corrected chi connectivity index (χ1v) is 7.34. The normalized spacial score (nSPS) is 12.1. The molecule has 0 aliphatic carbocycles. The maximum Gasteiger partial charge on any atom is 0.181 e. The molecule has 22 heavy (non-hydrogen) atoms. The first-order chi connectivity index (χ1) is 10.6. The van der Waals surface area contributed by atoms with E-state index >= 15 is 0 Å². The number of nitrogens with zero attached hydrogens (tertiary/aromatic N) is 3. The van der Waals surface area contributed by atoms with Crippen LogP contribution in [0.5, 0.6) is 11.5 Å².